The molecule has 3 heterocycles. The van der Waals surface area contributed by atoms with Crippen molar-refractivity contribution in [3.8, 4) is 11.5 Å². The Hall–Kier alpha value is -1.57. The maximum Gasteiger partial charge on any atom is 0.184 e. The number of rotatable bonds is 5. The first kappa shape index (κ1) is 17.8. The summed E-state index contributed by atoms with van der Waals surface area (Å²) in [6, 6.07) is 6.14. The number of benzene rings is 1. The molecular weight excluding hydrogens is 398 g/mol. The number of hydrogen-bond acceptors (Lipinski definition) is 6. The highest BCUT2D eigenvalue weighted by Gasteiger charge is 2.23. The minimum Gasteiger partial charge on any atom is -0.486 e. The number of nitrogens with zero attached hydrogens (tertiary/aromatic N) is 3. The summed E-state index contributed by atoms with van der Waals surface area (Å²) >= 11 is 3.48. The standard InChI is InChI=1S/C19H24BrN3O3/c20-19-17(5-2-6-21-19)24-12-11-22-7-9-23(10-8-22)15-3-1-4-16-18(15)26-14-13-25-16/h1-5,17H,6-14H2. The van der Waals surface area contributed by atoms with Gasteiger partial charge in [-0.3, -0.25) is 9.89 Å². The van der Waals surface area contributed by atoms with Crippen molar-refractivity contribution >= 4 is 26.2 Å². The molecule has 1 aromatic carbocycles. The number of ether oxygens (including phenoxy) is 3. The van der Waals surface area contributed by atoms with Crippen LogP contribution in [0.25, 0.3) is 0 Å². The lowest BCUT2D eigenvalue weighted by Crippen LogP contribution is -2.47. The Kier molecular flexibility index (Phi) is 5.77. The Morgan fingerprint density at radius 1 is 1.15 bits per heavy atom. The largest absolute Gasteiger partial charge is 0.486 e. The van der Waals surface area contributed by atoms with Crippen LogP contribution in [0.3, 0.4) is 0 Å². The number of fused-ring (bicyclic) bond motifs is 1. The van der Waals surface area contributed by atoms with Crippen LogP contribution in [-0.2, 0) is 4.74 Å². The number of halogens is 1. The molecule has 0 aromatic heterocycles. The molecule has 0 amide bonds. The highest BCUT2D eigenvalue weighted by atomic mass is 79.9. The minimum absolute atomic E-state index is 0.0296. The molecule has 1 aromatic rings. The third kappa shape index (κ3) is 4.05. The van der Waals surface area contributed by atoms with E-state index < -0.39 is 0 Å². The van der Waals surface area contributed by atoms with Gasteiger partial charge in [0.1, 0.15) is 23.9 Å². The van der Waals surface area contributed by atoms with Crippen molar-refractivity contribution in [1.82, 2.24) is 4.90 Å². The highest BCUT2D eigenvalue weighted by molar-refractivity contribution is 9.18. The van der Waals surface area contributed by atoms with Gasteiger partial charge in [-0.15, -0.1) is 0 Å². The van der Waals surface area contributed by atoms with Gasteiger partial charge in [-0.2, -0.15) is 0 Å². The van der Waals surface area contributed by atoms with Gasteiger partial charge in [-0.1, -0.05) is 18.2 Å². The van der Waals surface area contributed by atoms with Crippen molar-refractivity contribution in [2.75, 3.05) is 64.0 Å². The lowest BCUT2D eigenvalue weighted by Gasteiger charge is -2.37. The Balaban J connectivity index is 1.26. The van der Waals surface area contributed by atoms with Crippen molar-refractivity contribution in [3.05, 3.63) is 30.4 Å². The number of dihydropyridines is 1. The summed E-state index contributed by atoms with van der Waals surface area (Å²) in [5, 5.41) is 0. The van der Waals surface area contributed by atoms with E-state index >= 15 is 0 Å². The molecule has 3 aliphatic rings. The zero-order valence-electron chi connectivity index (χ0n) is 14.8. The molecule has 0 bridgehead atoms. The summed E-state index contributed by atoms with van der Waals surface area (Å²) in [5.41, 5.74) is 1.14. The van der Waals surface area contributed by atoms with Gasteiger partial charge in [0.2, 0.25) is 0 Å². The predicted molar refractivity (Wildman–Crippen MR) is 106 cm³/mol. The first-order chi connectivity index (χ1) is 12.8. The molecule has 3 aliphatic heterocycles. The first-order valence-corrected chi connectivity index (χ1v) is 9.94. The molecule has 1 saturated heterocycles. The molecule has 140 valence electrons. The van der Waals surface area contributed by atoms with Gasteiger partial charge in [0.25, 0.3) is 0 Å². The van der Waals surface area contributed by atoms with E-state index in [9.17, 15) is 0 Å². The zero-order chi connectivity index (χ0) is 17.8. The monoisotopic (exact) mass is 421 g/mol. The van der Waals surface area contributed by atoms with E-state index in [1.54, 1.807) is 0 Å². The second-order valence-electron chi connectivity index (χ2n) is 6.51. The van der Waals surface area contributed by atoms with Crippen LogP contribution >= 0.6 is 15.9 Å². The van der Waals surface area contributed by atoms with Gasteiger partial charge in [0, 0.05) is 32.7 Å². The zero-order valence-corrected chi connectivity index (χ0v) is 16.4. The molecule has 0 saturated carbocycles. The van der Waals surface area contributed by atoms with Crippen molar-refractivity contribution in [1.29, 1.82) is 0 Å². The maximum atomic E-state index is 5.93. The number of anilines is 1. The molecule has 7 heteroatoms. The van der Waals surface area contributed by atoms with Gasteiger partial charge in [-0.05, 0) is 28.1 Å². The summed E-state index contributed by atoms with van der Waals surface area (Å²) in [7, 11) is 0. The average Bonchev–Trinajstić information content (AvgIpc) is 2.70. The van der Waals surface area contributed by atoms with Crippen molar-refractivity contribution < 1.29 is 14.2 Å². The lowest BCUT2D eigenvalue weighted by atomic mass is 10.2. The van der Waals surface area contributed by atoms with Gasteiger partial charge < -0.3 is 19.1 Å². The van der Waals surface area contributed by atoms with Crippen LogP contribution in [-0.4, -0.2) is 74.7 Å². The van der Waals surface area contributed by atoms with E-state index in [1.807, 2.05) is 18.2 Å². The van der Waals surface area contributed by atoms with Crippen LogP contribution in [0, 0.1) is 0 Å². The summed E-state index contributed by atoms with van der Waals surface area (Å²) in [6.07, 6.45) is 4.08. The number of aliphatic imine (C=N–C) groups is 1. The molecule has 4 rings (SSSR count). The summed E-state index contributed by atoms with van der Waals surface area (Å²) in [4.78, 5) is 9.17. The quantitative estimate of drug-likeness (QED) is 0.682. The van der Waals surface area contributed by atoms with Crippen LogP contribution in [0.1, 0.15) is 0 Å². The third-order valence-electron chi connectivity index (χ3n) is 4.86. The van der Waals surface area contributed by atoms with Crippen molar-refractivity contribution in [2.24, 2.45) is 4.99 Å². The van der Waals surface area contributed by atoms with Crippen LogP contribution in [0.4, 0.5) is 5.69 Å². The molecular formula is C19H24BrN3O3. The summed E-state index contributed by atoms with van der Waals surface area (Å²) in [5.74, 6) is 1.75. The fraction of sp³-hybridized carbons (Fsp3) is 0.526. The Bertz CT molecular complexity index is 687. The molecule has 26 heavy (non-hydrogen) atoms. The van der Waals surface area contributed by atoms with Gasteiger partial charge in [0.05, 0.1) is 18.8 Å². The first-order valence-electron chi connectivity index (χ1n) is 9.15. The van der Waals surface area contributed by atoms with Crippen molar-refractivity contribution in [3.63, 3.8) is 0 Å². The molecule has 0 aliphatic carbocycles. The van der Waals surface area contributed by atoms with Gasteiger partial charge in [-0.25, -0.2) is 0 Å². The fourth-order valence-corrected chi connectivity index (χ4v) is 3.88. The van der Waals surface area contributed by atoms with Gasteiger partial charge >= 0.3 is 0 Å². The van der Waals surface area contributed by atoms with E-state index in [2.05, 4.69) is 42.9 Å². The van der Waals surface area contributed by atoms with E-state index in [1.165, 1.54) is 0 Å². The van der Waals surface area contributed by atoms with Crippen LogP contribution in [0.15, 0.2) is 35.3 Å². The molecule has 0 spiro atoms. The van der Waals surface area contributed by atoms with Crippen molar-refractivity contribution in [2.45, 2.75) is 6.10 Å². The molecule has 1 atom stereocenters. The number of piperazine rings is 1. The van der Waals surface area contributed by atoms with Crippen LogP contribution in [0.5, 0.6) is 11.5 Å². The second kappa shape index (κ2) is 8.41. The fourth-order valence-electron chi connectivity index (χ4n) is 3.45. The smallest absolute Gasteiger partial charge is 0.184 e. The topological polar surface area (TPSA) is 46.5 Å². The van der Waals surface area contributed by atoms with Crippen LogP contribution in [0.2, 0.25) is 0 Å². The normalized spacial score (nSPS) is 23.0. The molecule has 0 radical (unpaired) electrons. The molecule has 0 N–H and O–H groups in total. The van der Waals surface area contributed by atoms with E-state index in [4.69, 9.17) is 14.2 Å². The van der Waals surface area contributed by atoms with E-state index in [-0.39, 0.29) is 6.10 Å². The molecule has 6 nitrogen and oxygen atoms in total. The molecule has 1 unspecified atom stereocenters. The Morgan fingerprint density at radius 3 is 2.85 bits per heavy atom. The lowest BCUT2D eigenvalue weighted by molar-refractivity contribution is 0.0961. The maximum absolute atomic E-state index is 5.93. The minimum atomic E-state index is -0.0296. The summed E-state index contributed by atoms with van der Waals surface area (Å²) < 4.78 is 18.4. The average molecular weight is 422 g/mol. The SMILES string of the molecule is BrC1=NCC=CC1OCCN1CCN(c2cccc3c2OCCO3)CC1. The van der Waals surface area contributed by atoms with E-state index in [0.717, 1.165) is 61.1 Å². The molecule has 1 fully saturated rings. The summed E-state index contributed by atoms with van der Waals surface area (Å²) in [6.45, 7) is 7.62. The highest BCUT2D eigenvalue weighted by Crippen LogP contribution is 2.39. The number of hydrogen-bond donors (Lipinski definition) is 0. The Morgan fingerprint density at radius 2 is 2.00 bits per heavy atom. The van der Waals surface area contributed by atoms with Gasteiger partial charge in [0.15, 0.2) is 11.5 Å². The second-order valence-corrected chi connectivity index (χ2v) is 7.33. The Labute approximate surface area is 162 Å². The predicted octanol–water partition coefficient (Wildman–Crippen LogP) is 2.33. The third-order valence-corrected chi connectivity index (χ3v) is 5.56. The van der Waals surface area contributed by atoms with Crippen LogP contribution < -0.4 is 14.4 Å². The number of para-hydroxylation sites is 1. The van der Waals surface area contributed by atoms with E-state index in [0.29, 0.717) is 19.8 Å².